The van der Waals surface area contributed by atoms with Crippen LogP contribution in [0.2, 0.25) is 5.02 Å². The monoisotopic (exact) mass is 315 g/mol. The van der Waals surface area contributed by atoms with E-state index in [4.69, 9.17) is 16.3 Å². The van der Waals surface area contributed by atoms with Crippen LogP contribution in [0.1, 0.15) is 19.3 Å². The first-order chi connectivity index (χ1) is 10.0. The third kappa shape index (κ3) is 3.04. The first-order valence-corrected chi connectivity index (χ1v) is 7.43. The molecule has 2 aliphatic rings. The Morgan fingerprint density at radius 1 is 1.43 bits per heavy atom. The first kappa shape index (κ1) is 14.7. The van der Waals surface area contributed by atoms with Crippen LogP contribution in [0.5, 0.6) is 0 Å². The van der Waals surface area contributed by atoms with E-state index >= 15 is 0 Å². The van der Waals surface area contributed by atoms with E-state index in [0.717, 1.165) is 17.7 Å². The van der Waals surface area contributed by atoms with E-state index in [-0.39, 0.29) is 24.0 Å². The molecule has 2 bridgehead atoms. The van der Waals surface area contributed by atoms with Crippen molar-refractivity contribution in [2.75, 3.05) is 11.4 Å². The van der Waals surface area contributed by atoms with E-state index in [1.807, 2.05) is 0 Å². The first-order valence-electron chi connectivity index (χ1n) is 7.05. The van der Waals surface area contributed by atoms with Crippen LogP contribution >= 0.6 is 11.6 Å². The van der Waals surface area contributed by atoms with Crippen molar-refractivity contribution in [2.45, 2.75) is 37.9 Å². The molecule has 6 heteroatoms. The highest BCUT2D eigenvalue weighted by Gasteiger charge is 2.46. The van der Waals surface area contributed by atoms with Gasteiger partial charge < -0.3 is 9.64 Å². The molecule has 0 aliphatic carbocycles. The minimum absolute atomic E-state index is 0.108. The lowest BCUT2D eigenvalue weighted by Gasteiger charge is -2.28. The molecule has 3 nitrogen and oxygen atoms in total. The van der Waals surface area contributed by atoms with Crippen molar-refractivity contribution >= 4 is 23.2 Å². The van der Waals surface area contributed by atoms with Crippen molar-refractivity contribution < 1.29 is 18.3 Å². The minimum atomic E-state index is -2.59. The Bertz CT molecular complexity index is 540. The highest BCUT2D eigenvalue weighted by atomic mass is 35.5. The van der Waals surface area contributed by atoms with E-state index < -0.39 is 13.0 Å². The zero-order valence-corrected chi connectivity index (χ0v) is 12.1. The lowest BCUT2D eigenvalue weighted by atomic mass is 9.88. The van der Waals surface area contributed by atoms with Gasteiger partial charge in [0.15, 0.2) is 0 Å². The number of nitrogens with zero attached hydrogens (tertiary/aromatic N) is 1. The van der Waals surface area contributed by atoms with Crippen LogP contribution in [0, 0.1) is 5.92 Å². The zero-order chi connectivity index (χ0) is 15.0. The number of amides is 1. The van der Waals surface area contributed by atoms with E-state index in [1.54, 1.807) is 18.2 Å². The summed E-state index contributed by atoms with van der Waals surface area (Å²) in [5.41, 5.74) is 0.413. The van der Waals surface area contributed by atoms with Gasteiger partial charge in [0.05, 0.1) is 24.7 Å². The maximum atomic E-state index is 12.8. The number of rotatable bonds is 4. The number of ether oxygens (including phenoxy) is 1. The van der Waals surface area contributed by atoms with Gasteiger partial charge >= 0.3 is 0 Å². The van der Waals surface area contributed by atoms with Crippen molar-refractivity contribution in [1.29, 1.82) is 0 Å². The molecule has 0 unspecified atom stereocenters. The lowest BCUT2D eigenvalue weighted by Crippen LogP contribution is -2.42. The Morgan fingerprint density at radius 2 is 2.24 bits per heavy atom. The van der Waals surface area contributed by atoms with E-state index in [2.05, 4.69) is 0 Å². The van der Waals surface area contributed by atoms with E-state index in [1.165, 1.54) is 6.07 Å². The van der Waals surface area contributed by atoms with Gasteiger partial charge in [-0.15, -0.1) is 0 Å². The van der Waals surface area contributed by atoms with Gasteiger partial charge in [0.25, 0.3) is 6.43 Å². The number of halogens is 3. The molecular weight excluding hydrogens is 300 g/mol. The van der Waals surface area contributed by atoms with Crippen molar-refractivity contribution in [3.8, 4) is 0 Å². The average molecular weight is 316 g/mol. The Hall–Kier alpha value is -1.20. The molecule has 0 N–H and O–H groups in total. The lowest BCUT2D eigenvalue weighted by molar-refractivity contribution is -0.124. The molecular formula is C15H16ClF2NO2. The summed E-state index contributed by atoms with van der Waals surface area (Å²) in [5.74, 6) is -0.605. The number of hydrogen-bond acceptors (Lipinski definition) is 2. The van der Waals surface area contributed by atoms with Crippen molar-refractivity contribution in [3.05, 3.63) is 29.3 Å². The van der Waals surface area contributed by atoms with Crippen LogP contribution in [0.3, 0.4) is 0 Å². The molecule has 2 heterocycles. The fourth-order valence-corrected chi connectivity index (χ4v) is 3.39. The summed E-state index contributed by atoms with van der Waals surface area (Å²) in [6, 6.07) is 6.47. The molecule has 0 spiro atoms. The van der Waals surface area contributed by atoms with Crippen molar-refractivity contribution in [2.24, 2.45) is 5.92 Å². The second kappa shape index (κ2) is 5.89. The molecule has 1 aromatic rings. The fourth-order valence-electron chi connectivity index (χ4n) is 3.20. The van der Waals surface area contributed by atoms with Crippen LogP contribution in [0.4, 0.5) is 14.5 Å². The Labute approximate surface area is 126 Å². The number of carbonyl (C=O) groups is 1. The quantitative estimate of drug-likeness (QED) is 0.851. The van der Waals surface area contributed by atoms with Gasteiger partial charge in [0.2, 0.25) is 5.91 Å². The number of anilines is 1. The summed E-state index contributed by atoms with van der Waals surface area (Å²) in [4.78, 5) is 13.8. The van der Waals surface area contributed by atoms with Crippen LogP contribution in [-0.4, -0.2) is 31.1 Å². The molecule has 1 amide bonds. The van der Waals surface area contributed by atoms with Crippen LogP contribution in [0.15, 0.2) is 24.3 Å². The smallest absolute Gasteiger partial charge is 0.256 e. The molecule has 2 aliphatic heterocycles. The molecule has 3 atom stereocenters. The molecule has 2 saturated heterocycles. The number of benzene rings is 1. The predicted octanol–water partition coefficient (Wildman–Crippen LogP) is 3.51. The van der Waals surface area contributed by atoms with Gasteiger partial charge in [0.1, 0.15) is 0 Å². The van der Waals surface area contributed by atoms with Gasteiger partial charge in [-0.1, -0.05) is 17.7 Å². The summed E-state index contributed by atoms with van der Waals surface area (Å²) in [7, 11) is 0. The highest BCUT2D eigenvalue weighted by molar-refractivity contribution is 6.30. The molecule has 3 rings (SSSR count). The molecule has 1 aromatic carbocycles. The normalized spacial score (nSPS) is 27.3. The molecule has 114 valence electrons. The number of fused-ring (bicyclic) bond motifs is 2. The summed E-state index contributed by atoms with van der Waals surface area (Å²) >= 11 is 5.90. The van der Waals surface area contributed by atoms with Crippen molar-refractivity contribution in [1.82, 2.24) is 0 Å². The minimum Gasteiger partial charge on any atom is -0.374 e. The maximum Gasteiger partial charge on any atom is 0.256 e. The van der Waals surface area contributed by atoms with Crippen LogP contribution < -0.4 is 4.90 Å². The summed E-state index contributed by atoms with van der Waals surface area (Å²) in [5, 5.41) is 0.420. The Balaban J connectivity index is 1.83. The molecule has 21 heavy (non-hydrogen) atoms. The fraction of sp³-hybridized carbons (Fsp3) is 0.533. The van der Waals surface area contributed by atoms with E-state index in [9.17, 15) is 13.6 Å². The number of alkyl halides is 2. The largest absolute Gasteiger partial charge is 0.374 e. The average Bonchev–Trinajstić information content (AvgIpc) is 3.06. The summed E-state index contributed by atoms with van der Waals surface area (Å²) in [6.07, 6.45) is -0.186. The SMILES string of the molecule is O=C([C@H]1C[C@H]2CC[C@H]1O2)N(CC(F)F)c1cccc(Cl)c1. The third-order valence-corrected chi connectivity index (χ3v) is 4.36. The second-order valence-corrected chi connectivity index (χ2v) is 5.97. The second-order valence-electron chi connectivity index (χ2n) is 5.54. The van der Waals surface area contributed by atoms with Gasteiger partial charge in [0, 0.05) is 10.7 Å². The molecule has 0 radical (unpaired) electrons. The topological polar surface area (TPSA) is 29.5 Å². The van der Waals surface area contributed by atoms with Gasteiger partial charge in [-0.2, -0.15) is 0 Å². The maximum absolute atomic E-state index is 12.8. The van der Waals surface area contributed by atoms with Gasteiger partial charge in [-0.3, -0.25) is 4.79 Å². The van der Waals surface area contributed by atoms with Crippen LogP contribution in [-0.2, 0) is 9.53 Å². The number of carbonyl (C=O) groups excluding carboxylic acids is 1. The van der Waals surface area contributed by atoms with Gasteiger partial charge in [-0.25, -0.2) is 8.78 Å². The Kier molecular flexibility index (Phi) is 4.13. The zero-order valence-electron chi connectivity index (χ0n) is 11.3. The predicted molar refractivity (Wildman–Crippen MR) is 75.8 cm³/mol. The molecule has 2 fully saturated rings. The molecule has 0 aromatic heterocycles. The highest BCUT2D eigenvalue weighted by Crippen LogP contribution is 2.40. The molecule has 0 saturated carbocycles. The van der Waals surface area contributed by atoms with E-state index in [0.29, 0.717) is 17.1 Å². The van der Waals surface area contributed by atoms with Crippen molar-refractivity contribution in [3.63, 3.8) is 0 Å². The van der Waals surface area contributed by atoms with Crippen LogP contribution in [0.25, 0.3) is 0 Å². The summed E-state index contributed by atoms with van der Waals surface area (Å²) in [6.45, 7) is -0.618. The summed E-state index contributed by atoms with van der Waals surface area (Å²) < 4.78 is 31.4. The number of hydrogen-bond donors (Lipinski definition) is 0. The van der Waals surface area contributed by atoms with Gasteiger partial charge in [-0.05, 0) is 37.5 Å². The standard InChI is InChI=1S/C15H16ClF2NO2/c16-9-2-1-3-10(6-9)19(8-14(17)18)15(20)12-7-11-4-5-13(12)21-11/h1-3,6,11-14H,4-5,7-8H2/t11-,12+,13-/m1/s1. The Morgan fingerprint density at radius 3 is 2.81 bits per heavy atom. The third-order valence-electron chi connectivity index (χ3n) is 4.13.